The number of para-hydroxylation sites is 1. The molecule has 9 heteroatoms. The molecule has 0 bridgehead atoms. The molecule has 3 rings (SSSR count). The van der Waals surface area contributed by atoms with Gasteiger partial charge in [-0.25, -0.2) is 9.36 Å². The van der Waals surface area contributed by atoms with Gasteiger partial charge in [-0.2, -0.15) is 0 Å². The van der Waals surface area contributed by atoms with Gasteiger partial charge in [-0.1, -0.05) is 25.1 Å². The van der Waals surface area contributed by atoms with Crippen LogP contribution in [-0.2, 0) is 13.8 Å². The summed E-state index contributed by atoms with van der Waals surface area (Å²) in [6, 6.07) is 10.0. The van der Waals surface area contributed by atoms with Crippen LogP contribution in [-0.4, -0.2) is 22.3 Å². The molecule has 1 fully saturated rings. The molecule has 1 aliphatic rings. The maximum atomic E-state index is 11.9. The highest BCUT2D eigenvalue weighted by Crippen LogP contribution is 2.35. The Morgan fingerprint density at radius 2 is 2.04 bits per heavy atom. The summed E-state index contributed by atoms with van der Waals surface area (Å²) in [6.07, 6.45) is 1.23. The fourth-order valence-electron chi connectivity index (χ4n) is 2.77. The van der Waals surface area contributed by atoms with Crippen LogP contribution < -0.4 is 15.8 Å². The van der Waals surface area contributed by atoms with Gasteiger partial charge in [0.15, 0.2) is 0 Å². The minimum Gasteiger partial charge on any atom is -0.426 e. The Bertz CT molecular complexity index is 849. The highest BCUT2D eigenvalue weighted by atomic mass is 31.1. The summed E-state index contributed by atoms with van der Waals surface area (Å²) in [5, 5.41) is 0. The van der Waals surface area contributed by atoms with Crippen LogP contribution in [0.4, 0.5) is 0 Å². The van der Waals surface area contributed by atoms with E-state index in [9.17, 15) is 14.2 Å². The summed E-state index contributed by atoms with van der Waals surface area (Å²) < 4.78 is 29.5. The predicted molar refractivity (Wildman–Crippen MR) is 91.0 cm³/mol. The molecule has 134 valence electrons. The Labute approximate surface area is 144 Å². The normalized spacial score (nSPS) is 24.1. The lowest BCUT2D eigenvalue weighted by atomic mass is 10.1. The van der Waals surface area contributed by atoms with E-state index in [-0.39, 0.29) is 18.6 Å². The molecule has 1 saturated heterocycles. The highest BCUT2D eigenvalue weighted by molar-refractivity contribution is 7.33. The van der Waals surface area contributed by atoms with Gasteiger partial charge in [-0.3, -0.25) is 18.9 Å². The number of H-pyrrole nitrogens is 1. The molecular weight excluding hydrogens is 347 g/mol. The first kappa shape index (κ1) is 17.7. The van der Waals surface area contributed by atoms with E-state index in [0.717, 1.165) is 0 Å². The number of rotatable bonds is 6. The standard InChI is InChI=1S/C16H19N2O6P/c1-11-9-13(10-22-25(21)24-12-5-3-2-4-6-12)23-15(11)18-8-7-14(19)17-16(18)20/h2-8,11,13,15,25H,9-10H2,1H3,(H,17,19,20)/t11?,13-,15+/m0/s1. The fraction of sp³-hybridized carbons (Fsp3) is 0.375. The van der Waals surface area contributed by atoms with Crippen molar-refractivity contribution < 1.29 is 18.3 Å². The second-order valence-electron chi connectivity index (χ2n) is 5.86. The lowest BCUT2D eigenvalue weighted by molar-refractivity contribution is -0.0296. The summed E-state index contributed by atoms with van der Waals surface area (Å²) in [4.78, 5) is 25.2. The zero-order valence-corrected chi connectivity index (χ0v) is 14.6. The zero-order chi connectivity index (χ0) is 17.8. The van der Waals surface area contributed by atoms with E-state index >= 15 is 0 Å². The van der Waals surface area contributed by atoms with Crippen LogP contribution in [0.3, 0.4) is 0 Å². The lowest BCUT2D eigenvalue weighted by Gasteiger charge is -2.17. The number of ether oxygens (including phenoxy) is 1. The summed E-state index contributed by atoms with van der Waals surface area (Å²) in [5.74, 6) is 0.513. The van der Waals surface area contributed by atoms with Gasteiger partial charge >= 0.3 is 13.9 Å². The van der Waals surface area contributed by atoms with Gasteiger partial charge in [-0.15, -0.1) is 0 Å². The Morgan fingerprint density at radius 3 is 2.76 bits per heavy atom. The van der Waals surface area contributed by atoms with Crippen molar-refractivity contribution >= 4 is 8.25 Å². The topological polar surface area (TPSA) is 99.6 Å². The third kappa shape index (κ3) is 4.48. The molecule has 0 aliphatic carbocycles. The minimum absolute atomic E-state index is 0.0366. The molecule has 0 saturated carbocycles. The molecule has 1 aromatic carbocycles. The molecule has 0 spiro atoms. The van der Waals surface area contributed by atoms with Crippen LogP contribution in [0, 0.1) is 5.92 Å². The Hall–Kier alpha value is -2.15. The van der Waals surface area contributed by atoms with E-state index in [1.165, 1.54) is 16.8 Å². The molecule has 2 unspecified atom stereocenters. The summed E-state index contributed by atoms with van der Waals surface area (Å²) in [7, 11) is -2.69. The van der Waals surface area contributed by atoms with Crippen molar-refractivity contribution in [3.8, 4) is 5.75 Å². The van der Waals surface area contributed by atoms with E-state index in [2.05, 4.69) is 4.98 Å². The van der Waals surface area contributed by atoms with Gasteiger partial charge in [0.25, 0.3) is 5.56 Å². The molecule has 1 N–H and O–H groups in total. The lowest BCUT2D eigenvalue weighted by Crippen LogP contribution is -2.33. The van der Waals surface area contributed by atoms with Crippen molar-refractivity contribution in [1.29, 1.82) is 0 Å². The smallest absolute Gasteiger partial charge is 0.367 e. The van der Waals surface area contributed by atoms with E-state index < -0.39 is 25.7 Å². The highest BCUT2D eigenvalue weighted by Gasteiger charge is 2.34. The first-order valence-corrected chi connectivity index (χ1v) is 9.12. The predicted octanol–water partition coefficient (Wildman–Crippen LogP) is 1.95. The molecule has 8 nitrogen and oxygen atoms in total. The van der Waals surface area contributed by atoms with E-state index in [1.807, 2.05) is 13.0 Å². The maximum Gasteiger partial charge on any atom is 0.367 e. The Kier molecular flexibility index (Phi) is 5.53. The third-order valence-corrected chi connectivity index (χ3v) is 4.71. The SMILES string of the molecule is CC1C[C@@H](CO[PH](=O)Oc2ccccc2)O[C@H]1n1ccc(=O)[nH]c1=O. The van der Waals surface area contributed by atoms with Crippen molar-refractivity contribution in [1.82, 2.24) is 9.55 Å². The second kappa shape index (κ2) is 7.82. The van der Waals surface area contributed by atoms with Gasteiger partial charge < -0.3 is 9.26 Å². The van der Waals surface area contributed by atoms with Crippen molar-refractivity contribution in [2.75, 3.05) is 6.61 Å². The van der Waals surface area contributed by atoms with Gasteiger partial charge in [0, 0.05) is 18.2 Å². The quantitative estimate of drug-likeness (QED) is 0.785. The number of nitrogens with one attached hydrogen (secondary N) is 1. The van der Waals surface area contributed by atoms with Crippen LogP contribution in [0.5, 0.6) is 5.75 Å². The van der Waals surface area contributed by atoms with Gasteiger partial charge in [0.1, 0.15) is 12.0 Å². The van der Waals surface area contributed by atoms with Crippen molar-refractivity contribution in [3.05, 3.63) is 63.4 Å². The minimum atomic E-state index is -2.69. The van der Waals surface area contributed by atoms with Crippen molar-refractivity contribution in [3.63, 3.8) is 0 Å². The Balaban J connectivity index is 1.56. The number of hydrogen-bond donors (Lipinski definition) is 1. The van der Waals surface area contributed by atoms with Crippen molar-refractivity contribution in [2.45, 2.75) is 25.7 Å². The number of aromatic nitrogens is 2. The van der Waals surface area contributed by atoms with E-state index in [0.29, 0.717) is 12.2 Å². The molecule has 25 heavy (non-hydrogen) atoms. The fourth-order valence-corrected chi connectivity index (χ4v) is 3.48. The third-order valence-electron chi connectivity index (χ3n) is 3.91. The maximum absolute atomic E-state index is 11.9. The van der Waals surface area contributed by atoms with Gasteiger partial charge in [0.2, 0.25) is 0 Å². The molecule has 4 atom stereocenters. The zero-order valence-electron chi connectivity index (χ0n) is 13.6. The number of aromatic amines is 1. The molecule has 2 heterocycles. The van der Waals surface area contributed by atoms with E-state index in [1.54, 1.807) is 24.3 Å². The molecule has 0 amide bonds. The van der Waals surface area contributed by atoms with E-state index in [4.69, 9.17) is 13.8 Å². The van der Waals surface area contributed by atoms with Crippen LogP contribution in [0.25, 0.3) is 0 Å². The average Bonchev–Trinajstić information content (AvgIpc) is 2.95. The Morgan fingerprint density at radius 1 is 1.28 bits per heavy atom. The van der Waals surface area contributed by atoms with Gasteiger partial charge in [-0.05, 0) is 18.6 Å². The number of benzene rings is 1. The largest absolute Gasteiger partial charge is 0.426 e. The summed E-state index contributed by atoms with van der Waals surface area (Å²) >= 11 is 0. The average molecular weight is 366 g/mol. The molecular formula is C16H19N2O6P. The van der Waals surface area contributed by atoms with Gasteiger partial charge in [0.05, 0.1) is 12.7 Å². The first-order valence-electron chi connectivity index (χ1n) is 7.89. The first-order chi connectivity index (χ1) is 12.0. The number of hydrogen-bond acceptors (Lipinski definition) is 6. The summed E-state index contributed by atoms with van der Waals surface area (Å²) in [5.41, 5.74) is -0.977. The molecule has 1 aliphatic heterocycles. The summed E-state index contributed by atoms with van der Waals surface area (Å²) in [6.45, 7) is 2.04. The van der Waals surface area contributed by atoms with Crippen molar-refractivity contribution in [2.24, 2.45) is 5.92 Å². The van der Waals surface area contributed by atoms with Crippen LogP contribution in [0.15, 0.2) is 52.2 Å². The molecule has 0 radical (unpaired) electrons. The van der Waals surface area contributed by atoms with Crippen LogP contribution in [0.1, 0.15) is 19.6 Å². The van der Waals surface area contributed by atoms with Crippen LogP contribution in [0.2, 0.25) is 0 Å². The molecule has 2 aromatic rings. The number of nitrogens with zero attached hydrogens (tertiary/aromatic N) is 1. The molecule has 1 aromatic heterocycles. The second-order valence-corrected chi connectivity index (χ2v) is 6.85. The van der Waals surface area contributed by atoms with Crippen LogP contribution >= 0.6 is 8.25 Å². The monoisotopic (exact) mass is 366 g/mol.